The molecule has 1 aliphatic heterocycles. The van der Waals surface area contributed by atoms with Crippen LogP contribution in [0.4, 0.5) is 5.95 Å². The van der Waals surface area contributed by atoms with Crippen molar-refractivity contribution in [3.8, 4) is 11.5 Å². The van der Waals surface area contributed by atoms with E-state index in [9.17, 15) is 4.79 Å². The molecule has 4 rings (SSSR count). The Morgan fingerprint density at radius 2 is 1.93 bits per heavy atom. The molecule has 8 heteroatoms. The Balaban J connectivity index is 1.70. The molecule has 1 N–H and O–H groups in total. The highest BCUT2D eigenvalue weighted by molar-refractivity contribution is 5.92. The van der Waals surface area contributed by atoms with Gasteiger partial charge in [-0.05, 0) is 30.2 Å². The van der Waals surface area contributed by atoms with Gasteiger partial charge in [0, 0.05) is 5.70 Å². The van der Waals surface area contributed by atoms with Crippen LogP contribution >= 0.6 is 0 Å². The summed E-state index contributed by atoms with van der Waals surface area (Å²) >= 11 is 0. The smallest absolute Gasteiger partial charge is 0.338 e. The van der Waals surface area contributed by atoms with Gasteiger partial charge in [0.2, 0.25) is 5.95 Å². The summed E-state index contributed by atoms with van der Waals surface area (Å²) in [6, 6.07) is 15.0. The van der Waals surface area contributed by atoms with Crippen LogP contribution in [0.2, 0.25) is 0 Å². The number of hydrogen-bond acceptors (Lipinski definition) is 7. The third-order valence-corrected chi connectivity index (χ3v) is 4.94. The second kappa shape index (κ2) is 8.28. The van der Waals surface area contributed by atoms with Gasteiger partial charge >= 0.3 is 5.97 Å². The number of esters is 1. The van der Waals surface area contributed by atoms with E-state index in [4.69, 9.17) is 14.2 Å². The Morgan fingerprint density at radius 3 is 2.67 bits per heavy atom. The molecule has 2 aromatic carbocycles. The fraction of sp³-hybridized carbons (Fsp3) is 0.227. The van der Waals surface area contributed by atoms with Crippen LogP contribution in [-0.4, -0.2) is 35.0 Å². The van der Waals surface area contributed by atoms with Gasteiger partial charge in [0.05, 0.1) is 19.8 Å². The molecule has 0 bridgehead atoms. The van der Waals surface area contributed by atoms with Crippen LogP contribution in [0.3, 0.4) is 0 Å². The van der Waals surface area contributed by atoms with Gasteiger partial charge in [0.15, 0.2) is 11.5 Å². The lowest BCUT2D eigenvalue weighted by Gasteiger charge is -2.28. The number of aromatic nitrogens is 3. The molecule has 0 amide bonds. The predicted molar refractivity (Wildman–Crippen MR) is 110 cm³/mol. The van der Waals surface area contributed by atoms with Crippen LogP contribution in [0.25, 0.3) is 0 Å². The summed E-state index contributed by atoms with van der Waals surface area (Å²) < 4.78 is 18.2. The number of hydrogen-bond donors (Lipinski definition) is 1. The van der Waals surface area contributed by atoms with Crippen LogP contribution in [0.15, 0.2) is 66.1 Å². The monoisotopic (exact) mass is 406 g/mol. The molecule has 0 fully saturated rings. The quantitative estimate of drug-likeness (QED) is 0.628. The van der Waals surface area contributed by atoms with Gasteiger partial charge in [0.25, 0.3) is 0 Å². The first kappa shape index (κ1) is 19.5. The first-order valence-corrected chi connectivity index (χ1v) is 9.42. The second-order valence-electron chi connectivity index (χ2n) is 6.77. The lowest BCUT2D eigenvalue weighted by atomic mass is 9.95. The number of anilines is 1. The van der Waals surface area contributed by atoms with Gasteiger partial charge in [-0.15, -0.1) is 0 Å². The molecule has 1 unspecified atom stereocenters. The summed E-state index contributed by atoms with van der Waals surface area (Å²) in [5.41, 5.74) is 2.97. The molecular formula is C22H22N4O4. The van der Waals surface area contributed by atoms with E-state index < -0.39 is 12.0 Å². The average Bonchev–Trinajstić information content (AvgIpc) is 3.24. The van der Waals surface area contributed by atoms with Crippen LogP contribution < -0.4 is 14.8 Å². The first-order valence-electron chi connectivity index (χ1n) is 9.42. The zero-order valence-corrected chi connectivity index (χ0v) is 17.0. The molecule has 0 spiro atoms. The van der Waals surface area contributed by atoms with Crippen molar-refractivity contribution in [2.45, 2.75) is 19.6 Å². The van der Waals surface area contributed by atoms with Gasteiger partial charge in [0.1, 0.15) is 19.0 Å². The zero-order valence-electron chi connectivity index (χ0n) is 17.0. The normalized spacial score (nSPS) is 15.2. The number of methoxy groups -OCH3 is 2. The summed E-state index contributed by atoms with van der Waals surface area (Å²) in [7, 11) is 2.94. The highest BCUT2D eigenvalue weighted by atomic mass is 16.5. The molecule has 1 aromatic heterocycles. The molecule has 2 heterocycles. The Hall–Kier alpha value is -3.81. The highest BCUT2D eigenvalue weighted by Gasteiger charge is 2.34. The molecule has 8 nitrogen and oxygen atoms in total. The fourth-order valence-corrected chi connectivity index (χ4v) is 3.48. The first-order chi connectivity index (χ1) is 14.6. The Labute approximate surface area is 174 Å². The van der Waals surface area contributed by atoms with Crippen molar-refractivity contribution in [3.63, 3.8) is 0 Å². The second-order valence-corrected chi connectivity index (χ2v) is 6.77. The number of ether oxygens (including phenoxy) is 3. The third-order valence-electron chi connectivity index (χ3n) is 4.94. The van der Waals surface area contributed by atoms with Crippen molar-refractivity contribution in [2.75, 3.05) is 19.5 Å². The van der Waals surface area contributed by atoms with Crippen molar-refractivity contribution in [2.24, 2.45) is 0 Å². The number of fused-ring (bicyclic) bond motifs is 1. The van der Waals surface area contributed by atoms with Gasteiger partial charge in [-0.3, -0.25) is 0 Å². The molecule has 154 valence electrons. The largest absolute Gasteiger partial charge is 0.493 e. The van der Waals surface area contributed by atoms with Crippen molar-refractivity contribution in [1.29, 1.82) is 0 Å². The van der Waals surface area contributed by atoms with E-state index in [1.54, 1.807) is 11.8 Å². The van der Waals surface area contributed by atoms with E-state index in [1.807, 2.05) is 55.5 Å². The summed E-state index contributed by atoms with van der Waals surface area (Å²) in [5, 5.41) is 7.39. The Bertz CT molecular complexity index is 1090. The predicted octanol–water partition coefficient (Wildman–Crippen LogP) is 3.33. The lowest BCUT2D eigenvalue weighted by molar-refractivity contribution is -0.136. The molecule has 3 aromatic rings. The molecule has 1 aliphatic rings. The van der Waals surface area contributed by atoms with Crippen molar-refractivity contribution >= 4 is 11.9 Å². The van der Waals surface area contributed by atoms with Crippen molar-refractivity contribution in [3.05, 3.63) is 77.3 Å². The standard InChI is InChI=1S/C22H22N4O4/c1-14-19(21(27)29-3)20(26-22(25-14)23-13-24-26)16-9-10-17(18(11-16)28-2)30-12-15-7-5-4-6-8-15/h4-11,13,20H,12H2,1-3H3,(H,23,24,25). The fourth-order valence-electron chi connectivity index (χ4n) is 3.48. The summed E-state index contributed by atoms with van der Waals surface area (Å²) in [6.45, 7) is 2.23. The van der Waals surface area contributed by atoms with E-state index in [1.165, 1.54) is 13.4 Å². The maximum atomic E-state index is 12.5. The van der Waals surface area contributed by atoms with E-state index in [0.29, 0.717) is 35.3 Å². The maximum absolute atomic E-state index is 12.5. The molecule has 0 saturated heterocycles. The van der Waals surface area contributed by atoms with Crippen LogP contribution in [0.5, 0.6) is 11.5 Å². The minimum atomic E-state index is -0.506. The maximum Gasteiger partial charge on any atom is 0.338 e. The summed E-state index contributed by atoms with van der Waals surface area (Å²) in [6.07, 6.45) is 1.44. The van der Waals surface area contributed by atoms with Crippen LogP contribution in [-0.2, 0) is 16.1 Å². The molecule has 30 heavy (non-hydrogen) atoms. The van der Waals surface area contributed by atoms with Gasteiger partial charge < -0.3 is 19.5 Å². The van der Waals surface area contributed by atoms with E-state index in [0.717, 1.165) is 11.1 Å². The van der Waals surface area contributed by atoms with Gasteiger partial charge in [-0.2, -0.15) is 10.1 Å². The van der Waals surface area contributed by atoms with E-state index >= 15 is 0 Å². The zero-order chi connectivity index (χ0) is 21.1. The van der Waals surface area contributed by atoms with E-state index in [-0.39, 0.29) is 0 Å². The number of rotatable bonds is 6. The minimum absolute atomic E-state index is 0.420. The number of allylic oxidation sites excluding steroid dienone is 1. The molecule has 0 saturated carbocycles. The average molecular weight is 406 g/mol. The highest BCUT2D eigenvalue weighted by Crippen LogP contribution is 2.38. The number of benzene rings is 2. The molecule has 0 radical (unpaired) electrons. The van der Waals surface area contributed by atoms with Crippen molar-refractivity contribution < 1.29 is 19.0 Å². The molecule has 1 atom stereocenters. The number of carbonyl (C=O) groups excluding carboxylic acids is 1. The Morgan fingerprint density at radius 1 is 1.13 bits per heavy atom. The van der Waals surface area contributed by atoms with Crippen LogP contribution in [0.1, 0.15) is 24.1 Å². The minimum Gasteiger partial charge on any atom is -0.493 e. The third kappa shape index (κ3) is 3.59. The van der Waals surface area contributed by atoms with Gasteiger partial charge in [-0.1, -0.05) is 36.4 Å². The molecule has 0 aliphatic carbocycles. The lowest BCUT2D eigenvalue weighted by Crippen LogP contribution is -2.29. The van der Waals surface area contributed by atoms with Crippen molar-refractivity contribution in [1.82, 2.24) is 14.8 Å². The number of nitrogens with one attached hydrogen (secondary N) is 1. The summed E-state index contributed by atoms with van der Waals surface area (Å²) in [4.78, 5) is 16.8. The number of nitrogens with zero attached hydrogens (tertiary/aromatic N) is 3. The summed E-state index contributed by atoms with van der Waals surface area (Å²) in [5.74, 6) is 1.28. The SMILES string of the molecule is COC(=O)C1=C(C)Nc2ncnn2C1c1ccc(OCc2ccccc2)c(OC)c1. The Kier molecular flexibility index (Phi) is 5.38. The van der Waals surface area contributed by atoms with E-state index in [2.05, 4.69) is 15.4 Å². The topological polar surface area (TPSA) is 87.5 Å². The molecular weight excluding hydrogens is 384 g/mol. The van der Waals surface area contributed by atoms with Crippen LogP contribution in [0, 0.1) is 0 Å². The van der Waals surface area contributed by atoms with Gasteiger partial charge in [-0.25, -0.2) is 9.48 Å². The number of carbonyl (C=O) groups is 1.